The van der Waals surface area contributed by atoms with Gasteiger partial charge < -0.3 is 15.9 Å². The lowest BCUT2D eigenvalue weighted by atomic mass is 9.69. The fourth-order valence-electron chi connectivity index (χ4n) is 3.94. The number of hydrogen-bond donors (Lipinski definition) is 3. The van der Waals surface area contributed by atoms with E-state index in [1.807, 2.05) is 19.9 Å². The topological polar surface area (TPSA) is 66.5 Å². The maximum Gasteiger partial charge on any atom is 0.0533 e. The first-order valence-electron chi connectivity index (χ1n) is 13.0. The van der Waals surface area contributed by atoms with Crippen LogP contribution in [0.4, 0.5) is 0 Å². The Kier molecular flexibility index (Phi) is 21.5. The van der Waals surface area contributed by atoms with Gasteiger partial charge in [-0.15, -0.1) is 6.58 Å². The molecule has 0 amide bonds. The molecule has 0 saturated carbocycles. The van der Waals surface area contributed by atoms with E-state index >= 15 is 0 Å². The van der Waals surface area contributed by atoms with E-state index in [4.69, 9.17) is 15.9 Å². The quantitative estimate of drug-likeness (QED) is 0.300. The first-order valence-corrected chi connectivity index (χ1v) is 13.0. The summed E-state index contributed by atoms with van der Waals surface area (Å²) in [5.41, 5.74) is 10.7. The van der Waals surface area contributed by atoms with Crippen molar-refractivity contribution in [1.82, 2.24) is 0 Å². The summed E-state index contributed by atoms with van der Waals surface area (Å²) in [4.78, 5) is 0. The van der Waals surface area contributed by atoms with Crippen LogP contribution in [0.3, 0.4) is 0 Å². The van der Waals surface area contributed by atoms with Crippen LogP contribution < -0.4 is 5.73 Å². The lowest BCUT2D eigenvalue weighted by Crippen LogP contribution is -2.23. The molecule has 0 bridgehead atoms. The Morgan fingerprint density at radius 1 is 1.26 bits per heavy atom. The maximum atomic E-state index is 8.39. The molecular formula is C31H53NO2. The predicted molar refractivity (Wildman–Crippen MR) is 152 cm³/mol. The zero-order valence-corrected chi connectivity index (χ0v) is 22.9. The van der Waals surface area contributed by atoms with Gasteiger partial charge in [-0.3, -0.25) is 0 Å². The highest BCUT2D eigenvalue weighted by Crippen LogP contribution is 2.44. The molecule has 0 aliphatic heterocycles. The van der Waals surface area contributed by atoms with Crippen molar-refractivity contribution in [3.05, 3.63) is 84.7 Å². The molecule has 4 atom stereocenters. The molecule has 4 unspecified atom stereocenters. The van der Waals surface area contributed by atoms with Crippen LogP contribution in [0.2, 0.25) is 0 Å². The fourth-order valence-corrected chi connectivity index (χ4v) is 3.94. The number of aliphatic hydroxyl groups is 2. The molecule has 0 fully saturated rings. The molecular weight excluding hydrogens is 418 g/mol. The minimum atomic E-state index is -0.352. The lowest BCUT2D eigenvalue weighted by Gasteiger charge is -2.35. The van der Waals surface area contributed by atoms with Gasteiger partial charge in [0.15, 0.2) is 0 Å². The van der Waals surface area contributed by atoms with Crippen LogP contribution in [0.1, 0.15) is 80.1 Å². The average molecular weight is 472 g/mol. The highest BCUT2D eigenvalue weighted by atomic mass is 16.3. The first kappa shape index (κ1) is 34.1. The number of rotatable bonds is 9. The molecule has 0 aromatic carbocycles. The molecule has 4 N–H and O–H groups in total. The van der Waals surface area contributed by atoms with E-state index in [1.165, 1.54) is 23.1 Å². The smallest absolute Gasteiger partial charge is 0.0533 e. The summed E-state index contributed by atoms with van der Waals surface area (Å²) in [6.45, 7) is 24.0. The third-order valence-corrected chi connectivity index (χ3v) is 5.42. The van der Waals surface area contributed by atoms with Crippen molar-refractivity contribution in [3.8, 4) is 0 Å². The summed E-state index contributed by atoms with van der Waals surface area (Å²) < 4.78 is 0. The average Bonchev–Trinajstić information content (AvgIpc) is 2.81. The van der Waals surface area contributed by atoms with Gasteiger partial charge >= 0.3 is 0 Å². The molecule has 3 heteroatoms. The monoisotopic (exact) mass is 471 g/mol. The van der Waals surface area contributed by atoms with E-state index in [2.05, 4.69) is 77.0 Å². The van der Waals surface area contributed by atoms with Crippen molar-refractivity contribution >= 4 is 0 Å². The van der Waals surface area contributed by atoms with Gasteiger partial charge in [-0.25, -0.2) is 0 Å². The zero-order valence-electron chi connectivity index (χ0n) is 22.9. The second-order valence-corrected chi connectivity index (χ2v) is 8.51. The van der Waals surface area contributed by atoms with Crippen LogP contribution in [0.5, 0.6) is 0 Å². The Morgan fingerprint density at radius 2 is 1.88 bits per heavy atom. The van der Waals surface area contributed by atoms with E-state index in [0.29, 0.717) is 24.2 Å². The van der Waals surface area contributed by atoms with Gasteiger partial charge in [-0.2, -0.15) is 0 Å². The molecule has 0 spiro atoms. The highest BCUT2D eigenvalue weighted by molar-refractivity contribution is 5.54. The Hall–Kier alpha value is -2.10. The largest absolute Gasteiger partial charge is 0.403 e. The molecule has 0 aromatic heterocycles. The number of aliphatic hydroxyl groups excluding tert-OH is 2. The van der Waals surface area contributed by atoms with Gasteiger partial charge in [0.05, 0.1) is 6.10 Å². The van der Waals surface area contributed by atoms with Gasteiger partial charge in [0.1, 0.15) is 0 Å². The van der Waals surface area contributed by atoms with Crippen LogP contribution >= 0.6 is 0 Å². The molecule has 3 nitrogen and oxygen atoms in total. The van der Waals surface area contributed by atoms with E-state index in [9.17, 15) is 0 Å². The second kappa shape index (κ2) is 21.4. The molecule has 0 radical (unpaired) electrons. The fraction of sp³-hybridized carbons (Fsp3) is 0.548. The third kappa shape index (κ3) is 13.0. The van der Waals surface area contributed by atoms with Crippen molar-refractivity contribution in [2.75, 3.05) is 6.61 Å². The Morgan fingerprint density at radius 3 is 2.29 bits per heavy atom. The SMILES string of the molecule is C=CC1=CCC(CCCC(=C)N)C2=C1C(C=C)C(/C=C\C)C=C2.CC.CC(O)CCO.CCC. The van der Waals surface area contributed by atoms with Crippen LogP contribution in [0, 0.1) is 17.8 Å². The Balaban J connectivity index is 0. The number of allylic oxidation sites excluding steroid dienone is 11. The van der Waals surface area contributed by atoms with Crippen LogP contribution in [-0.2, 0) is 0 Å². The molecule has 0 heterocycles. The van der Waals surface area contributed by atoms with Gasteiger partial charge in [-0.1, -0.05) is 89.8 Å². The number of nitrogens with two attached hydrogens (primary N) is 1. The highest BCUT2D eigenvalue weighted by Gasteiger charge is 2.31. The van der Waals surface area contributed by atoms with Crippen molar-refractivity contribution < 1.29 is 10.2 Å². The molecule has 194 valence electrons. The molecule has 0 saturated heterocycles. The van der Waals surface area contributed by atoms with Crippen molar-refractivity contribution in [2.24, 2.45) is 23.5 Å². The van der Waals surface area contributed by atoms with Crippen molar-refractivity contribution in [2.45, 2.75) is 86.2 Å². The van der Waals surface area contributed by atoms with Crippen LogP contribution in [0.15, 0.2) is 84.7 Å². The van der Waals surface area contributed by atoms with Gasteiger partial charge in [0, 0.05) is 24.1 Å². The third-order valence-electron chi connectivity index (χ3n) is 5.42. The number of hydrogen-bond acceptors (Lipinski definition) is 3. The van der Waals surface area contributed by atoms with Crippen LogP contribution in [-0.4, -0.2) is 22.9 Å². The second-order valence-electron chi connectivity index (χ2n) is 8.51. The van der Waals surface area contributed by atoms with Crippen molar-refractivity contribution in [3.63, 3.8) is 0 Å². The maximum absolute atomic E-state index is 8.39. The first-order chi connectivity index (χ1) is 16.3. The Labute approximate surface area is 211 Å². The molecule has 2 aliphatic rings. The zero-order chi connectivity index (χ0) is 26.5. The van der Waals surface area contributed by atoms with E-state index in [1.54, 1.807) is 6.92 Å². The minimum absolute atomic E-state index is 0.0810. The summed E-state index contributed by atoms with van der Waals surface area (Å²) in [5, 5.41) is 16.5. The van der Waals surface area contributed by atoms with E-state index in [-0.39, 0.29) is 12.7 Å². The predicted octanol–water partition coefficient (Wildman–Crippen LogP) is 7.81. The summed E-state index contributed by atoms with van der Waals surface area (Å²) >= 11 is 0. The summed E-state index contributed by atoms with van der Waals surface area (Å²) in [6, 6.07) is 0. The van der Waals surface area contributed by atoms with Crippen LogP contribution in [0.25, 0.3) is 0 Å². The minimum Gasteiger partial charge on any atom is -0.403 e. The van der Waals surface area contributed by atoms with E-state index in [0.717, 1.165) is 31.4 Å². The van der Waals surface area contributed by atoms with Gasteiger partial charge in [0.25, 0.3) is 0 Å². The molecule has 2 rings (SSSR count). The normalized spacial score (nSPS) is 21.4. The van der Waals surface area contributed by atoms with Crippen molar-refractivity contribution in [1.29, 1.82) is 0 Å². The lowest BCUT2D eigenvalue weighted by molar-refractivity contribution is 0.148. The summed E-state index contributed by atoms with van der Waals surface area (Å²) in [5.74, 6) is 1.29. The van der Waals surface area contributed by atoms with Gasteiger partial charge in [0.2, 0.25) is 0 Å². The molecule has 2 aliphatic carbocycles. The van der Waals surface area contributed by atoms with E-state index < -0.39 is 0 Å². The standard InChI is InChI=1S/C22H29N.C4H10O2.C3H8.C2H6/c1-5-9-18-14-15-21-19(11-8-10-16(4)23)13-12-17(6-2)22(21)20(18)7-3;1-4(6)2-3-5;1-3-2;1-2/h5-7,9,12,14-15,18-20H,2-4,8,10-11,13,23H2,1H3;4-6H,2-3H2,1H3;3H2,1-2H3;1-2H3/b9-5-;;;. The molecule has 0 aromatic rings. The summed E-state index contributed by atoms with van der Waals surface area (Å²) in [7, 11) is 0. The van der Waals surface area contributed by atoms with Gasteiger partial charge in [-0.05, 0) is 68.6 Å². The summed E-state index contributed by atoms with van der Waals surface area (Å²) in [6.07, 6.45) is 21.1. The Bertz CT molecular complexity index is 694. The molecule has 34 heavy (non-hydrogen) atoms.